The SMILES string of the molecule is CC(C)NC(=S)n1ccc2ccc(Cl)cc21. The molecule has 2 rings (SSSR count). The van der Waals surface area contributed by atoms with E-state index in [2.05, 4.69) is 19.2 Å². The van der Waals surface area contributed by atoms with E-state index in [9.17, 15) is 0 Å². The Morgan fingerprint density at radius 1 is 1.38 bits per heavy atom. The minimum absolute atomic E-state index is 0.323. The molecule has 1 N–H and O–H groups in total. The van der Waals surface area contributed by atoms with Gasteiger partial charge in [-0.2, -0.15) is 0 Å². The molecule has 2 aromatic rings. The van der Waals surface area contributed by atoms with Crippen LogP contribution in [0.4, 0.5) is 0 Å². The summed E-state index contributed by atoms with van der Waals surface area (Å²) in [7, 11) is 0. The smallest absolute Gasteiger partial charge is 0.177 e. The third-order valence-corrected chi connectivity index (χ3v) is 2.84. The van der Waals surface area contributed by atoms with Crippen LogP contribution in [0.25, 0.3) is 10.9 Å². The molecule has 16 heavy (non-hydrogen) atoms. The molecule has 0 unspecified atom stereocenters. The van der Waals surface area contributed by atoms with Crippen molar-refractivity contribution in [3.05, 3.63) is 35.5 Å². The van der Waals surface area contributed by atoms with Crippen molar-refractivity contribution in [2.24, 2.45) is 0 Å². The van der Waals surface area contributed by atoms with Crippen LogP contribution >= 0.6 is 23.8 Å². The molecule has 0 saturated carbocycles. The number of nitrogens with one attached hydrogen (secondary N) is 1. The summed E-state index contributed by atoms with van der Waals surface area (Å²) in [6.07, 6.45) is 1.96. The molecular weight excluding hydrogens is 240 g/mol. The Hall–Kier alpha value is -1.06. The number of benzene rings is 1. The van der Waals surface area contributed by atoms with Gasteiger partial charge in [0.15, 0.2) is 5.11 Å². The molecule has 4 heteroatoms. The molecule has 0 bridgehead atoms. The van der Waals surface area contributed by atoms with Crippen molar-refractivity contribution in [3.8, 4) is 0 Å². The number of aromatic nitrogens is 1. The van der Waals surface area contributed by atoms with Gasteiger partial charge in [0.1, 0.15) is 0 Å². The first-order valence-electron chi connectivity index (χ1n) is 5.15. The number of fused-ring (bicyclic) bond motifs is 1. The zero-order valence-electron chi connectivity index (χ0n) is 9.20. The van der Waals surface area contributed by atoms with E-state index in [4.69, 9.17) is 23.8 Å². The molecule has 2 nitrogen and oxygen atoms in total. The molecule has 0 aliphatic carbocycles. The number of hydrogen-bond donors (Lipinski definition) is 1. The van der Waals surface area contributed by atoms with Crippen LogP contribution in [0.5, 0.6) is 0 Å². The fraction of sp³-hybridized carbons (Fsp3) is 0.250. The van der Waals surface area contributed by atoms with Gasteiger partial charge in [-0.25, -0.2) is 0 Å². The van der Waals surface area contributed by atoms with Crippen molar-refractivity contribution < 1.29 is 0 Å². The largest absolute Gasteiger partial charge is 0.360 e. The van der Waals surface area contributed by atoms with E-state index in [-0.39, 0.29) is 0 Å². The van der Waals surface area contributed by atoms with E-state index in [0.29, 0.717) is 11.2 Å². The minimum atomic E-state index is 0.323. The second-order valence-corrected chi connectivity index (χ2v) is 4.82. The van der Waals surface area contributed by atoms with Crippen molar-refractivity contribution in [1.29, 1.82) is 0 Å². The van der Waals surface area contributed by atoms with E-state index >= 15 is 0 Å². The maximum atomic E-state index is 5.98. The summed E-state index contributed by atoms with van der Waals surface area (Å²) < 4.78 is 1.94. The lowest BCUT2D eigenvalue weighted by Crippen LogP contribution is -2.33. The summed E-state index contributed by atoms with van der Waals surface area (Å²) in [6.45, 7) is 4.12. The zero-order valence-corrected chi connectivity index (χ0v) is 10.8. The molecule has 84 valence electrons. The van der Waals surface area contributed by atoms with Crippen LogP contribution in [-0.2, 0) is 0 Å². The third kappa shape index (κ3) is 2.20. The average Bonchev–Trinajstić information content (AvgIpc) is 2.59. The fourth-order valence-electron chi connectivity index (χ4n) is 1.60. The van der Waals surface area contributed by atoms with E-state index < -0.39 is 0 Å². The van der Waals surface area contributed by atoms with Crippen LogP contribution in [-0.4, -0.2) is 15.7 Å². The van der Waals surface area contributed by atoms with Crippen LogP contribution in [0, 0.1) is 0 Å². The predicted molar refractivity (Wildman–Crippen MR) is 73.2 cm³/mol. The van der Waals surface area contributed by atoms with Crippen LogP contribution < -0.4 is 5.32 Å². The molecule has 0 atom stereocenters. The van der Waals surface area contributed by atoms with E-state index in [1.54, 1.807) is 0 Å². The summed E-state index contributed by atoms with van der Waals surface area (Å²) in [5.74, 6) is 0. The molecule has 0 amide bonds. The molecule has 1 heterocycles. The Labute approximate surface area is 105 Å². The monoisotopic (exact) mass is 252 g/mol. The standard InChI is InChI=1S/C12H13ClN2S/c1-8(2)14-12(16)15-6-5-9-3-4-10(13)7-11(9)15/h3-8H,1-2H3,(H,14,16). The van der Waals surface area contributed by atoms with Gasteiger partial charge in [-0.15, -0.1) is 0 Å². The summed E-state index contributed by atoms with van der Waals surface area (Å²) in [5, 5.41) is 5.77. The van der Waals surface area contributed by atoms with E-state index in [0.717, 1.165) is 15.9 Å². The van der Waals surface area contributed by atoms with Gasteiger partial charge >= 0.3 is 0 Å². The quantitative estimate of drug-likeness (QED) is 0.784. The molecule has 0 spiro atoms. The van der Waals surface area contributed by atoms with Gasteiger partial charge in [0, 0.05) is 22.6 Å². The van der Waals surface area contributed by atoms with Gasteiger partial charge in [-0.3, -0.25) is 4.57 Å². The molecule has 1 aromatic heterocycles. The Bertz CT molecular complexity index is 531. The maximum Gasteiger partial charge on any atom is 0.177 e. The lowest BCUT2D eigenvalue weighted by atomic mass is 10.2. The predicted octanol–water partition coefficient (Wildman–Crippen LogP) is 3.43. The Kier molecular flexibility index (Phi) is 3.17. The number of halogens is 1. The summed E-state index contributed by atoms with van der Waals surface area (Å²) in [6, 6.07) is 8.15. The van der Waals surface area contributed by atoms with Crippen molar-refractivity contribution in [3.63, 3.8) is 0 Å². The molecule has 0 saturated heterocycles. The first-order chi connectivity index (χ1) is 7.58. The van der Waals surface area contributed by atoms with Gasteiger partial charge in [-0.1, -0.05) is 17.7 Å². The first-order valence-corrected chi connectivity index (χ1v) is 5.94. The highest BCUT2D eigenvalue weighted by Gasteiger charge is 2.06. The summed E-state index contributed by atoms with van der Waals surface area (Å²) >= 11 is 11.3. The lowest BCUT2D eigenvalue weighted by Gasteiger charge is -2.13. The molecule has 0 fully saturated rings. The van der Waals surface area contributed by atoms with Gasteiger partial charge in [0.25, 0.3) is 0 Å². The van der Waals surface area contributed by atoms with Crippen molar-refractivity contribution >= 4 is 39.8 Å². The number of nitrogens with zero attached hydrogens (tertiary/aromatic N) is 1. The van der Waals surface area contributed by atoms with E-state index in [1.165, 1.54) is 0 Å². The van der Waals surface area contributed by atoms with Crippen LogP contribution in [0.3, 0.4) is 0 Å². The normalized spacial score (nSPS) is 11.0. The number of rotatable bonds is 1. The van der Waals surface area contributed by atoms with Crippen molar-refractivity contribution in [2.45, 2.75) is 19.9 Å². The number of hydrogen-bond acceptors (Lipinski definition) is 1. The van der Waals surface area contributed by atoms with E-state index in [1.807, 2.05) is 35.0 Å². The highest BCUT2D eigenvalue weighted by atomic mass is 35.5. The average molecular weight is 253 g/mol. The van der Waals surface area contributed by atoms with Gasteiger partial charge in [0.2, 0.25) is 0 Å². The van der Waals surface area contributed by atoms with Gasteiger partial charge in [-0.05, 0) is 44.3 Å². The molecule has 0 aliphatic heterocycles. The topological polar surface area (TPSA) is 17.0 Å². The Balaban J connectivity index is 2.44. The zero-order chi connectivity index (χ0) is 11.7. The number of thiocarbonyl (C=S) groups is 1. The highest BCUT2D eigenvalue weighted by Crippen LogP contribution is 2.20. The maximum absolute atomic E-state index is 5.98. The molecule has 0 radical (unpaired) electrons. The highest BCUT2D eigenvalue weighted by molar-refractivity contribution is 7.80. The van der Waals surface area contributed by atoms with Crippen molar-refractivity contribution in [1.82, 2.24) is 9.88 Å². The molecule has 1 aromatic carbocycles. The fourth-order valence-corrected chi connectivity index (χ4v) is 2.16. The summed E-state index contributed by atoms with van der Waals surface area (Å²) in [4.78, 5) is 0. The third-order valence-electron chi connectivity index (χ3n) is 2.29. The molecular formula is C12H13ClN2S. The molecule has 0 aliphatic rings. The van der Waals surface area contributed by atoms with Gasteiger partial charge in [0.05, 0.1) is 5.52 Å². The second-order valence-electron chi connectivity index (χ2n) is 3.99. The Morgan fingerprint density at radius 2 is 2.12 bits per heavy atom. The van der Waals surface area contributed by atoms with Crippen molar-refractivity contribution in [2.75, 3.05) is 0 Å². The van der Waals surface area contributed by atoms with Crippen LogP contribution in [0.1, 0.15) is 13.8 Å². The van der Waals surface area contributed by atoms with Crippen LogP contribution in [0.15, 0.2) is 30.5 Å². The van der Waals surface area contributed by atoms with Gasteiger partial charge < -0.3 is 5.32 Å². The second kappa shape index (κ2) is 4.44. The Morgan fingerprint density at radius 3 is 2.81 bits per heavy atom. The minimum Gasteiger partial charge on any atom is -0.360 e. The summed E-state index contributed by atoms with van der Waals surface area (Å²) in [5.41, 5.74) is 1.03. The first kappa shape index (κ1) is 11.4. The van der Waals surface area contributed by atoms with Crippen LogP contribution in [0.2, 0.25) is 5.02 Å². The lowest BCUT2D eigenvalue weighted by molar-refractivity contribution is 0.726.